The molecule has 1 heterocycles. The first kappa shape index (κ1) is 14.3. The second-order valence-electron chi connectivity index (χ2n) is 5.58. The van der Waals surface area contributed by atoms with Crippen molar-refractivity contribution in [2.45, 2.75) is 45.1 Å². The van der Waals surface area contributed by atoms with Crippen LogP contribution >= 0.6 is 11.6 Å². The Labute approximate surface area is 119 Å². The number of hydrogen-bond donors (Lipinski definition) is 1. The van der Waals surface area contributed by atoms with Crippen LogP contribution in [0.5, 0.6) is 0 Å². The molecule has 2 rings (SSSR count). The zero-order valence-electron chi connectivity index (χ0n) is 11.9. The molecule has 0 spiro atoms. The fourth-order valence-electron chi connectivity index (χ4n) is 2.42. The Morgan fingerprint density at radius 2 is 1.89 bits per heavy atom. The van der Waals surface area contributed by atoms with Gasteiger partial charge in [-0.1, -0.05) is 19.8 Å². The van der Waals surface area contributed by atoms with Crippen molar-refractivity contribution < 1.29 is 0 Å². The summed E-state index contributed by atoms with van der Waals surface area (Å²) in [6.45, 7) is 2.33. The molecule has 1 aliphatic carbocycles. The van der Waals surface area contributed by atoms with Gasteiger partial charge in [0.2, 0.25) is 17.2 Å². The largest absolute Gasteiger partial charge is 0.351 e. The van der Waals surface area contributed by atoms with Gasteiger partial charge < -0.3 is 10.2 Å². The Morgan fingerprint density at radius 1 is 1.11 bits per heavy atom. The van der Waals surface area contributed by atoms with Crippen LogP contribution in [0.25, 0.3) is 0 Å². The minimum absolute atomic E-state index is 0.239. The van der Waals surface area contributed by atoms with Crippen molar-refractivity contribution in [1.82, 2.24) is 15.0 Å². The highest BCUT2D eigenvalue weighted by atomic mass is 35.5. The van der Waals surface area contributed by atoms with Gasteiger partial charge in [-0.05, 0) is 36.8 Å². The molecule has 0 bridgehead atoms. The molecule has 0 aromatic carbocycles. The van der Waals surface area contributed by atoms with E-state index < -0.39 is 0 Å². The van der Waals surface area contributed by atoms with E-state index in [2.05, 4.69) is 27.2 Å². The number of nitrogens with zero attached hydrogens (tertiary/aromatic N) is 4. The van der Waals surface area contributed by atoms with E-state index >= 15 is 0 Å². The maximum atomic E-state index is 5.94. The van der Waals surface area contributed by atoms with Gasteiger partial charge in [-0.15, -0.1) is 0 Å². The molecule has 6 heteroatoms. The summed E-state index contributed by atoms with van der Waals surface area (Å²) in [6.07, 6.45) is 6.18. The van der Waals surface area contributed by atoms with Gasteiger partial charge in [0.25, 0.3) is 0 Å². The molecule has 1 N–H and O–H groups in total. The lowest BCUT2D eigenvalue weighted by molar-refractivity contribution is 0.501. The van der Waals surface area contributed by atoms with E-state index in [0.717, 1.165) is 5.92 Å². The third-order valence-electron chi connectivity index (χ3n) is 3.59. The highest BCUT2D eigenvalue weighted by Crippen LogP contribution is 2.24. The summed E-state index contributed by atoms with van der Waals surface area (Å²) in [5.41, 5.74) is 0. The van der Waals surface area contributed by atoms with E-state index in [0.29, 0.717) is 17.9 Å². The zero-order valence-corrected chi connectivity index (χ0v) is 12.6. The molecule has 0 radical (unpaired) electrons. The summed E-state index contributed by atoms with van der Waals surface area (Å²) < 4.78 is 0. The molecule has 1 aromatic rings. The lowest BCUT2D eigenvalue weighted by atomic mass is 10.0. The number of nitrogens with one attached hydrogen (secondary N) is 1. The first-order chi connectivity index (χ1) is 9.04. The summed E-state index contributed by atoms with van der Waals surface area (Å²) in [5, 5.41) is 3.64. The van der Waals surface area contributed by atoms with Gasteiger partial charge in [0.05, 0.1) is 0 Å². The van der Waals surface area contributed by atoms with E-state index in [-0.39, 0.29) is 5.28 Å². The van der Waals surface area contributed by atoms with Gasteiger partial charge in [0.1, 0.15) is 0 Å². The number of halogens is 1. The molecular weight excluding hydrogens is 262 g/mol. The molecule has 1 saturated carbocycles. The number of anilines is 2. The lowest BCUT2D eigenvalue weighted by Crippen LogP contribution is -2.22. The molecule has 2 atom stereocenters. The predicted octanol–water partition coefficient (Wildman–Crippen LogP) is 2.97. The maximum absolute atomic E-state index is 5.94. The van der Waals surface area contributed by atoms with Crippen LogP contribution in [-0.4, -0.2) is 35.1 Å². The highest BCUT2D eigenvalue weighted by molar-refractivity contribution is 6.28. The average molecular weight is 284 g/mol. The quantitative estimate of drug-likeness (QED) is 0.865. The minimum Gasteiger partial charge on any atom is -0.351 e. The molecule has 5 nitrogen and oxygen atoms in total. The van der Waals surface area contributed by atoms with Crippen LogP contribution in [0.15, 0.2) is 0 Å². The number of hydrogen-bond acceptors (Lipinski definition) is 5. The van der Waals surface area contributed by atoms with E-state index in [1.165, 1.54) is 32.1 Å². The van der Waals surface area contributed by atoms with Crippen molar-refractivity contribution in [3.63, 3.8) is 0 Å². The third-order valence-corrected chi connectivity index (χ3v) is 3.76. The molecule has 0 aliphatic heterocycles. The van der Waals surface area contributed by atoms with E-state index in [9.17, 15) is 0 Å². The van der Waals surface area contributed by atoms with Gasteiger partial charge in [-0.25, -0.2) is 0 Å². The van der Waals surface area contributed by atoms with Crippen LogP contribution in [-0.2, 0) is 0 Å². The molecule has 19 heavy (non-hydrogen) atoms. The van der Waals surface area contributed by atoms with E-state index in [4.69, 9.17) is 11.6 Å². The van der Waals surface area contributed by atoms with Crippen molar-refractivity contribution in [3.05, 3.63) is 5.28 Å². The van der Waals surface area contributed by atoms with Gasteiger partial charge >= 0.3 is 0 Å². The van der Waals surface area contributed by atoms with E-state index in [1.807, 2.05) is 19.0 Å². The second-order valence-corrected chi connectivity index (χ2v) is 5.92. The topological polar surface area (TPSA) is 53.9 Å². The minimum atomic E-state index is 0.239. The monoisotopic (exact) mass is 283 g/mol. The fourth-order valence-corrected chi connectivity index (χ4v) is 2.57. The Balaban J connectivity index is 2.05. The van der Waals surface area contributed by atoms with Crippen LogP contribution < -0.4 is 10.2 Å². The van der Waals surface area contributed by atoms with Gasteiger partial charge in [0, 0.05) is 20.1 Å². The van der Waals surface area contributed by atoms with E-state index in [1.54, 1.807) is 0 Å². The van der Waals surface area contributed by atoms with Crippen molar-refractivity contribution in [1.29, 1.82) is 0 Å². The molecule has 0 saturated heterocycles. The van der Waals surface area contributed by atoms with Gasteiger partial charge in [-0.3, -0.25) is 0 Å². The molecule has 2 unspecified atom stereocenters. The second kappa shape index (κ2) is 6.37. The molecule has 1 aromatic heterocycles. The smallest absolute Gasteiger partial charge is 0.230 e. The lowest BCUT2D eigenvalue weighted by Gasteiger charge is -2.17. The average Bonchev–Trinajstić information content (AvgIpc) is 2.54. The van der Waals surface area contributed by atoms with Crippen molar-refractivity contribution in [2.75, 3.05) is 24.3 Å². The SMILES string of the molecule is CC1CCCC(Nc2nc(Cl)nc(N(C)C)n2)CC1. The first-order valence-electron chi connectivity index (χ1n) is 6.90. The van der Waals surface area contributed by atoms with Crippen LogP contribution in [0.1, 0.15) is 39.0 Å². The zero-order chi connectivity index (χ0) is 13.8. The Hall–Kier alpha value is -1.10. The van der Waals surface area contributed by atoms with Crippen LogP contribution in [0.3, 0.4) is 0 Å². The third kappa shape index (κ3) is 4.20. The van der Waals surface area contributed by atoms with Crippen LogP contribution in [0.4, 0.5) is 11.9 Å². The summed E-state index contributed by atoms with van der Waals surface area (Å²) >= 11 is 5.94. The van der Waals surface area contributed by atoms with Crippen molar-refractivity contribution in [3.8, 4) is 0 Å². The summed E-state index contributed by atoms with van der Waals surface area (Å²) in [6, 6.07) is 0.443. The predicted molar refractivity (Wildman–Crippen MR) is 78.8 cm³/mol. The van der Waals surface area contributed by atoms with Crippen LogP contribution in [0.2, 0.25) is 5.28 Å². The normalized spacial score (nSPS) is 23.8. The summed E-state index contributed by atoms with van der Waals surface area (Å²) in [5.74, 6) is 2.00. The number of aromatic nitrogens is 3. The molecule has 0 amide bonds. The Bertz CT molecular complexity index is 423. The molecule has 1 fully saturated rings. The first-order valence-corrected chi connectivity index (χ1v) is 7.28. The van der Waals surface area contributed by atoms with Gasteiger partial charge in [-0.2, -0.15) is 15.0 Å². The maximum Gasteiger partial charge on any atom is 0.230 e. The Morgan fingerprint density at radius 3 is 2.63 bits per heavy atom. The van der Waals surface area contributed by atoms with Crippen molar-refractivity contribution >= 4 is 23.5 Å². The molecular formula is C13H22ClN5. The molecule has 1 aliphatic rings. The molecule has 106 valence electrons. The fraction of sp³-hybridized carbons (Fsp3) is 0.769. The summed E-state index contributed by atoms with van der Waals surface area (Å²) in [4.78, 5) is 14.5. The number of rotatable bonds is 3. The van der Waals surface area contributed by atoms with Gasteiger partial charge in [0.15, 0.2) is 0 Å². The summed E-state index contributed by atoms with van der Waals surface area (Å²) in [7, 11) is 3.78. The Kier molecular flexibility index (Phi) is 4.80. The van der Waals surface area contributed by atoms with Crippen LogP contribution in [0, 0.1) is 5.92 Å². The highest BCUT2D eigenvalue weighted by Gasteiger charge is 2.17. The standard InChI is InChI=1S/C13H22ClN5/c1-9-5-4-6-10(8-7-9)15-12-16-11(14)17-13(18-12)19(2)3/h9-10H,4-8H2,1-3H3,(H,15,16,17,18). The van der Waals surface area contributed by atoms with Crippen molar-refractivity contribution in [2.24, 2.45) is 5.92 Å².